The summed E-state index contributed by atoms with van der Waals surface area (Å²) < 4.78 is 41.7. The largest absolute Gasteiger partial charge is 0.461 e. The van der Waals surface area contributed by atoms with Crippen molar-refractivity contribution < 1.29 is 23.0 Å². The molecule has 6 rings (SSSR count). The Balaban J connectivity index is 1.32. The fourth-order valence-corrected chi connectivity index (χ4v) is 7.27. The molecule has 4 aliphatic rings. The Morgan fingerprint density at radius 3 is 2.64 bits per heavy atom. The van der Waals surface area contributed by atoms with Crippen molar-refractivity contribution in [2.45, 2.75) is 82.3 Å². The lowest BCUT2D eigenvalue weighted by Gasteiger charge is -2.42. The lowest BCUT2D eigenvalue weighted by atomic mass is 9.95. The molecule has 2 aromatic rings. The summed E-state index contributed by atoms with van der Waals surface area (Å²) in [7, 11) is 0. The topological polar surface area (TPSA) is 71.0 Å². The Bertz CT molecular complexity index is 1300. The Hall–Kier alpha value is -1.98. The van der Waals surface area contributed by atoms with Crippen LogP contribution in [0.4, 0.5) is 19.4 Å². The van der Waals surface area contributed by atoms with E-state index in [9.17, 15) is 9.18 Å². The van der Waals surface area contributed by atoms with Gasteiger partial charge in [-0.25, -0.2) is 13.6 Å². The van der Waals surface area contributed by atoms with Gasteiger partial charge in [-0.15, -0.1) is 0 Å². The fraction of sp³-hybridized carbons (Fsp3) is 0.667. The number of ether oxygens (including phenoxy) is 2. The molecule has 4 fully saturated rings. The van der Waals surface area contributed by atoms with Crippen molar-refractivity contribution in [3.8, 4) is 6.01 Å². The van der Waals surface area contributed by atoms with Crippen LogP contribution in [0.1, 0.15) is 52.9 Å². The van der Waals surface area contributed by atoms with Crippen LogP contribution in [-0.2, 0) is 4.74 Å². The molecule has 0 aliphatic carbocycles. The summed E-state index contributed by atoms with van der Waals surface area (Å²) in [6.07, 6.45) is 2.75. The number of amides is 1. The summed E-state index contributed by atoms with van der Waals surface area (Å²) in [5.41, 5.74) is -0.862. The number of nitrogens with zero attached hydrogens (tertiary/aromatic N) is 5. The Kier molecular flexibility index (Phi) is 6.86. The summed E-state index contributed by atoms with van der Waals surface area (Å²) in [6, 6.07) is 1.59. The zero-order valence-corrected chi connectivity index (χ0v) is 24.7. The molecule has 8 nitrogen and oxygen atoms in total. The second-order valence-electron chi connectivity index (χ2n) is 12.3. The molecule has 4 aliphatic heterocycles. The number of aromatic nitrogens is 2. The van der Waals surface area contributed by atoms with Crippen LogP contribution in [-0.4, -0.2) is 88.0 Å². The van der Waals surface area contributed by atoms with Crippen molar-refractivity contribution >= 4 is 50.3 Å². The van der Waals surface area contributed by atoms with Gasteiger partial charge in [0.15, 0.2) is 5.82 Å². The molecule has 39 heavy (non-hydrogen) atoms. The molecule has 12 heteroatoms. The zero-order valence-electron chi connectivity index (χ0n) is 22.4. The van der Waals surface area contributed by atoms with Gasteiger partial charge in [0.05, 0.1) is 27.1 Å². The number of hydrogen-bond donors (Lipinski definition) is 0. The van der Waals surface area contributed by atoms with E-state index in [0.29, 0.717) is 37.3 Å². The lowest BCUT2D eigenvalue weighted by Crippen LogP contribution is -2.57. The van der Waals surface area contributed by atoms with E-state index < -0.39 is 17.6 Å². The van der Waals surface area contributed by atoms with Gasteiger partial charge < -0.3 is 14.4 Å². The number of carbonyl (C=O) groups is 1. The van der Waals surface area contributed by atoms with Crippen molar-refractivity contribution in [2.24, 2.45) is 0 Å². The molecule has 0 saturated carbocycles. The summed E-state index contributed by atoms with van der Waals surface area (Å²) in [6.45, 7) is 8.10. The number of carbonyl (C=O) groups excluding carboxylic acids is 1. The molecule has 0 radical (unpaired) electrons. The Labute approximate surface area is 240 Å². The molecule has 4 saturated heterocycles. The second kappa shape index (κ2) is 9.83. The van der Waals surface area contributed by atoms with Crippen LogP contribution in [0.25, 0.3) is 10.9 Å². The maximum atomic E-state index is 15.5. The van der Waals surface area contributed by atoms with E-state index in [1.165, 1.54) is 0 Å². The average molecular weight is 629 g/mol. The minimum absolute atomic E-state index is 0.0519. The van der Waals surface area contributed by atoms with E-state index in [2.05, 4.69) is 30.7 Å². The highest BCUT2D eigenvalue weighted by Crippen LogP contribution is 2.42. The standard InChI is InChI=1S/C27H33BrClF2N5O3/c1-26(2,3)39-25(37)36-16-5-6-17(36)13-34(12-16)23-18-9-19(29)20(28)21(31)22(18)32-24(33-23)38-14-27-7-4-8-35(27)11-15(30)10-27/h9,15-17H,4-8,10-14H2,1-3H3/t15-,16?,17?,27?/m1/s1. The third-order valence-electron chi connectivity index (χ3n) is 8.40. The predicted molar refractivity (Wildman–Crippen MR) is 148 cm³/mol. The van der Waals surface area contributed by atoms with Crippen molar-refractivity contribution in [1.29, 1.82) is 0 Å². The number of fused-ring (bicyclic) bond motifs is 4. The average Bonchev–Trinajstić information content (AvgIpc) is 3.47. The Morgan fingerprint density at radius 2 is 1.95 bits per heavy atom. The SMILES string of the molecule is CC(C)(C)OC(=O)N1C2CCC1CN(c1nc(OCC34CCCN3C[C@H](F)C4)nc3c(F)c(Br)c(Cl)cc13)C2. The molecule has 0 spiro atoms. The van der Waals surface area contributed by atoms with Crippen molar-refractivity contribution in [2.75, 3.05) is 37.7 Å². The number of alkyl halides is 1. The molecule has 1 amide bonds. The van der Waals surface area contributed by atoms with Gasteiger partial charge in [-0.05, 0) is 75.0 Å². The molecule has 5 heterocycles. The molecule has 2 bridgehead atoms. The van der Waals surface area contributed by atoms with Gasteiger partial charge in [0.25, 0.3) is 0 Å². The van der Waals surface area contributed by atoms with Crippen LogP contribution < -0.4 is 9.64 Å². The van der Waals surface area contributed by atoms with Crippen LogP contribution in [0.3, 0.4) is 0 Å². The smallest absolute Gasteiger partial charge is 0.410 e. The quantitative estimate of drug-likeness (QED) is 0.401. The van der Waals surface area contributed by atoms with Gasteiger partial charge >= 0.3 is 12.1 Å². The van der Waals surface area contributed by atoms with Gasteiger partial charge in [-0.3, -0.25) is 9.80 Å². The number of piperazine rings is 1. The second-order valence-corrected chi connectivity index (χ2v) is 13.5. The first-order chi connectivity index (χ1) is 18.4. The molecule has 4 atom stereocenters. The molecule has 1 aromatic heterocycles. The highest BCUT2D eigenvalue weighted by atomic mass is 79.9. The lowest BCUT2D eigenvalue weighted by molar-refractivity contribution is 0.0122. The number of halogens is 4. The first-order valence-corrected chi connectivity index (χ1v) is 14.7. The molecule has 212 valence electrons. The van der Waals surface area contributed by atoms with Gasteiger partial charge in [0.2, 0.25) is 0 Å². The highest BCUT2D eigenvalue weighted by molar-refractivity contribution is 9.10. The summed E-state index contributed by atoms with van der Waals surface area (Å²) in [4.78, 5) is 28.2. The monoisotopic (exact) mass is 627 g/mol. The van der Waals surface area contributed by atoms with Gasteiger partial charge in [-0.1, -0.05) is 11.6 Å². The first kappa shape index (κ1) is 27.2. The minimum Gasteiger partial charge on any atom is -0.461 e. The van der Waals surface area contributed by atoms with Crippen LogP contribution in [0.5, 0.6) is 6.01 Å². The first-order valence-electron chi connectivity index (χ1n) is 13.6. The van der Waals surface area contributed by atoms with Crippen molar-refractivity contribution in [1.82, 2.24) is 19.8 Å². The molecule has 1 aromatic carbocycles. The maximum Gasteiger partial charge on any atom is 0.410 e. The normalized spacial score (nSPS) is 28.8. The summed E-state index contributed by atoms with van der Waals surface area (Å²) in [5, 5.41) is 0.692. The van der Waals surface area contributed by atoms with Crippen LogP contribution >= 0.6 is 27.5 Å². The minimum atomic E-state index is -0.880. The molecule has 0 N–H and O–H groups in total. The van der Waals surface area contributed by atoms with Crippen LogP contribution in [0, 0.1) is 5.82 Å². The van der Waals surface area contributed by atoms with E-state index >= 15 is 4.39 Å². The van der Waals surface area contributed by atoms with Crippen molar-refractivity contribution in [3.05, 3.63) is 21.4 Å². The van der Waals surface area contributed by atoms with E-state index in [0.717, 1.165) is 32.2 Å². The van der Waals surface area contributed by atoms with Gasteiger partial charge in [0, 0.05) is 31.4 Å². The molecular weight excluding hydrogens is 596 g/mol. The third-order valence-corrected chi connectivity index (χ3v) is 9.70. The number of hydrogen-bond acceptors (Lipinski definition) is 7. The fourth-order valence-electron chi connectivity index (χ4n) is 6.78. The van der Waals surface area contributed by atoms with E-state index in [-0.39, 0.29) is 51.3 Å². The Morgan fingerprint density at radius 1 is 1.23 bits per heavy atom. The zero-order chi connectivity index (χ0) is 27.7. The van der Waals surface area contributed by atoms with Gasteiger partial charge in [-0.2, -0.15) is 9.97 Å². The van der Waals surface area contributed by atoms with Gasteiger partial charge in [0.1, 0.15) is 29.7 Å². The van der Waals surface area contributed by atoms with E-state index in [4.69, 9.17) is 26.1 Å². The number of benzene rings is 1. The van der Waals surface area contributed by atoms with Crippen LogP contribution in [0.15, 0.2) is 10.5 Å². The molecule has 3 unspecified atom stereocenters. The third kappa shape index (κ3) is 4.92. The summed E-state index contributed by atoms with van der Waals surface area (Å²) >= 11 is 9.59. The highest BCUT2D eigenvalue weighted by Gasteiger charge is 2.50. The molecular formula is C27H33BrClF2N5O3. The van der Waals surface area contributed by atoms with E-state index in [1.54, 1.807) is 6.07 Å². The van der Waals surface area contributed by atoms with Crippen LogP contribution in [0.2, 0.25) is 5.02 Å². The van der Waals surface area contributed by atoms with E-state index in [1.807, 2.05) is 25.7 Å². The summed E-state index contributed by atoms with van der Waals surface area (Å²) in [5.74, 6) is -0.0775. The number of rotatable bonds is 4. The number of anilines is 1. The predicted octanol–water partition coefficient (Wildman–Crippen LogP) is 5.73. The maximum absolute atomic E-state index is 15.5. The van der Waals surface area contributed by atoms with Crippen molar-refractivity contribution in [3.63, 3.8) is 0 Å².